The fraction of sp³-hybridized carbons (Fsp3) is 0.0588. The van der Waals surface area contributed by atoms with Crippen LogP contribution in [0.5, 0.6) is 5.75 Å². The number of aromatic nitrogens is 3. The summed E-state index contributed by atoms with van der Waals surface area (Å²) < 4.78 is 7.19. The van der Waals surface area contributed by atoms with Gasteiger partial charge in [0.15, 0.2) is 18.2 Å². The van der Waals surface area contributed by atoms with E-state index in [2.05, 4.69) is 26.0 Å². The average molecular weight is 471 g/mol. The number of carboxylic acid groups (broad SMARTS) is 1. The topological polar surface area (TPSA) is 94.3 Å². The Bertz CT molecular complexity index is 1040. The van der Waals surface area contributed by atoms with Crippen molar-refractivity contribution in [3.63, 3.8) is 0 Å². The molecule has 0 unspecified atom stereocenters. The Morgan fingerprint density at radius 3 is 2.70 bits per heavy atom. The van der Waals surface area contributed by atoms with Gasteiger partial charge in [-0.05, 0) is 24.3 Å². The highest BCUT2D eigenvalue weighted by Gasteiger charge is 2.19. The first-order valence-corrected chi connectivity index (χ1v) is 8.95. The highest BCUT2D eigenvalue weighted by Crippen LogP contribution is 2.27. The molecule has 3 rings (SSSR count). The van der Waals surface area contributed by atoms with Crippen molar-refractivity contribution in [3.8, 4) is 11.6 Å². The minimum Gasteiger partial charge on any atom is -0.481 e. The van der Waals surface area contributed by atoms with Crippen LogP contribution in [0, 0.1) is 0 Å². The van der Waals surface area contributed by atoms with Crippen molar-refractivity contribution >= 4 is 50.9 Å². The van der Waals surface area contributed by atoms with E-state index in [4.69, 9.17) is 33.0 Å². The number of carbonyl (C=O) groups is 2. The van der Waals surface area contributed by atoms with Crippen LogP contribution in [0.2, 0.25) is 10.0 Å². The summed E-state index contributed by atoms with van der Waals surface area (Å²) in [6, 6.07) is 6.22. The number of nitrogens with zero attached hydrogens (tertiary/aromatic N) is 3. The molecule has 2 heterocycles. The largest absolute Gasteiger partial charge is 0.481 e. The average Bonchev–Trinajstić information content (AvgIpc) is 3.09. The molecule has 0 fully saturated rings. The fourth-order valence-electron chi connectivity index (χ4n) is 2.23. The van der Waals surface area contributed by atoms with Crippen molar-refractivity contribution in [1.29, 1.82) is 0 Å². The van der Waals surface area contributed by atoms with Gasteiger partial charge < -0.3 is 9.84 Å². The lowest BCUT2D eigenvalue weighted by molar-refractivity contribution is -0.139. The molecule has 27 heavy (non-hydrogen) atoms. The van der Waals surface area contributed by atoms with E-state index in [9.17, 15) is 9.59 Å². The SMILES string of the molecule is O=C(O)COc1ccc(Br)cc1C(=O)c1cnn(-c2ncc(Cl)cc2Cl)c1. The van der Waals surface area contributed by atoms with E-state index in [0.29, 0.717) is 15.3 Å². The van der Waals surface area contributed by atoms with Crippen LogP contribution in [-0.4, -0.2) is 38.2 Å². The van der Waals surface area contributed by atoms with Gasteiger partial charge in [-0.15, -0.1) is 0 Å². The summed E-state index contributed by atoms with van der Waals surface area (Å²) in [6.07, 6.45) is 4.24. The lowest BCUT2D eigenvalue weighted by Gasteiger charge is -2.09. The molecule has 0 amide bonds. The normalized spacial score (nSPS) is 10.6. The molecule has 0 aliphatic rings. The Morgan fingerprint density at radius 1 is 1.22 bits per heavy atom. The summed E-state index contributed by atoms with van der Waals surface area (Å²) in [5, 5.41) is 13.6. The minimum absolute atomic E-state index is 0.154. The summed E-state index contributed by atoms with van der Waals surface area (Å²) in [4.78, 5) is 27.7. The summed E-state index contributed by atoms with van der Waals surface area (Å²) in [5.74, 6) is -1.07. The molecule has 0 atom stereocenters. The van der Waals surface area contributed by atoms with Gasteiger partial charge in [-0.1, -0.05) is 39.1 Å². The van der Waals surface area contributed by atoms with Crippen LogP contribution in [0.3, 0.4) is 0 Å². The highest BCUT2D eigenvalue weighted by molar-refractivity contribution is 9.10. The van der Waals surface area contributed by atoms with Crippen LogP contribution in [0.4, 0.5) is 0 Å². The zero-order valence-electron chi connectivity index (χ0n) is 13.4. The first-order chi connectivity index (χ1) is 12.8. The van der Waals surface area contributed by atoms with Gasteiger partial charge in [-0.25, -0.2) is 14.5 Å². The van der Waals surface area contributed by atoms with Gasteiger partial charge in [0, 0.05) is 16.9 Å². The Morgan fingerprint density at radius 2 is 2.00 bits per heavy atom. The number of ketones is 1. The molecule has 1 N–H and O–H groups in total. The second-order valence-electron chi connectivity index (χ2n) is 5.28. The number of carbonyl (C=O) groups excluding carboxylic acids is 1. The van der Waals surface area contributed by atoms with Crippen LogP contribution in [-0.2, 0) is 4.79 Å². The molecule has 0 aliphatic heterocycles. The van der Waals surface area contributed by atoms with E-state index in [1.807, 2.05) is 0 Å². The van der Waals surface area contributed by atoms with Crippen LogP contribution >= 0.6 is 39.1 Å². The van der Waals surface area contributed by atoms with Crippen LogP contribution in [0.25, 0.3) is 5.82 Å². The molecule has 3 aromatic rings. The Balaban J connectivity index is 1.94. The second-order valence-corrected chi connectivity index (χ2v) is 7.04. The van der Waals surface area contributed by atoms with Crippen molar-refractivity contribution in [1.82, 2.24) is 14.8 Å². The van der Waals surface area contributed by atoms with E-state index in [1.165, 1.54) is 35.4 Å². The smallest absolute Gasteiger partial charge is 0.341 e. The van der Waals surface area contributed by atoms with Gasteiger partial charge in [-0.3, -0.25) is 4.79 Å². The van der Waals surface area contributed by atoms with Crippen molar-refractivity contribution in [3.05, 3.63) is 68.5 Å². The van der Waals surface area contributed by atoms with E-state index >= 15 is 0 Å². The van der Waals surface area contributed by atoms with Crippen molar-refractivity contribution in [2.75, 3.05) is 6.61 Å². The third-order valence-electron chi connectivity index (χ3n) is 3.39. The molecule has 0 saturated heterocycles. The van der Waals surface area contributed by atoms with E-state index in [0.717, 1.165) is 0 Å². The molecule has 138 valence electrons. The zero-order valence-corrected chi connectivity index (χ0v) is 16.5. The van der Waals surface area contributed by atoms with Gasteiger partial charge in [0.05, 0.1) is 27.4 Å². The molecular formula is C17H10BrCl2N3O4. The number of pyridine rings is 1. The number of hydrogen-bond acceptors (Lipinski definition) is 5. The minimum atomic E-state index is -1.15. The third-order valence-corrected chi connectivity index (χ3v) is 4.37. The maximum atomic E-state index is 12.9. The molecule has 1 aromatic carbocycles. The van der Waals surface area contributed by atoms with Gasteiger partial charge >= 0.3 is 5.97 Å². The Kier molecular flexibility index (Phi) is 5.79. The molecule has 0 spiro atoms. The molecule has 0 bridgehead atoms. The summed E-state index contributed by atoms with van der Waals surface area (Å²) >= 11 is 15.2. The summed E-state index contributed by atoms with van der Waals surface area (Å²) in [5.41, 5.74) is 0.446. The quantitative estimate of drug-likeness (QED) is 0.546. The van der Waals surface area contributed by atoms with Crippen LogP contribution in [0.1, 0.15) is 15.9 Å². The zero-order chi connectivity index (χ0) is 19.6. The molecular weight excluding hydrogens is 461 g/mol. The number of halogens is 3. The molecule has 7 nitrogen and oxygen atoms in total. The number of carboxylic acids is 1. The van der Waals surface area contributed by atoms with Crippen LogP contribution in [0.15, 0.2) is 47.3 Å². The van der Waals surface area contributed by atoms with Crippen LogP contribution < -0.4 is 4.74 Å². The lowest BCUT2D eigenvalue weighted by Crippen LogP contribution is -2.12. The molecule has 0 saturated carbocycles. The summed E-state index contributed by atoms with van der Waals surface area (Å²) in [7, 11) is 0. The van der Waals surface area contributed by atoms with E-state index < -0.39 is 18.4 Å². The molecule has 0 radical (unpaired) electrons. The molecule has 2 aromatic heterocycles. The van der Waals surface area contributed by atoms with Gasteiger partial charge in [-0.2, -0.15) is 5.10 Å². The van der Waals surface area contributed by atoms with E-state index in [-0.39, 0.29) is 21.9 Å². The van der Waals surface area contributed by atoms with Crippen molar-refractivity contribution < 1.29 is 19.4 Å². The fourth-order valence-corrected chi connectivity index (χ4v) is 3.06. The summed E-state index contributed by atoms with van der Waals surface area (Å²) in [6.45, 7) is -0.564. The monoisotopic (exact) mass is 469 g/mol. The number of rotatable bonds is 6. The Hall–Kier alpha value is -2.42. The Labute approximate surface area is 171 Å². The lowest BCUT2D eigenvalue weighted by atomic mass is 10.1. The number of hydrogen-bond donors (Lipinski definition) is 1. The van der Waals surface area contributed by atoms with Gasteiger partial charge in [0.2, 0.25) is 0 Å². The number of aliphatic carboxylic acids is 1. The third kappa shape index (κ3) is 4.47. The van der Waals surface area contributed by atoms with Gasteiger partial charge in [0.25, 0.3) is 0 Å². The van der Waals surface area contributed by atoms with Gasteiger partial charge in [0.1, 0.15) is 5.75 Å². The predicted molar refractivity (Wildman–Crippen MR) is 102 cm³/mol. The maximum absolute atomic E-state index is 12.9. The first kappa shape index (κ1) is 19.3. The highest BCUT2D eigenvalue weighted by atomic mass is 79.9. The first-order valence-electron chi connectivity index (χ1n) is 7.40. The molecule has 10 heteroatoms. The molecule has 0 aliphatic carbocycles. The van der Waals surface area contributed by atoms with Crippen molar-refractivity contribution in [2.24, 2.45) is 0 Å². The van der Waals surface area contributed by atoms with Crippen molar-refractivity contribution in [2.45, 2.75) is 0 Å². The predicted octanol–water partition coefficient (Wildman–Crippen LogP) is 4.03. The number of benzene rings is 1. The second kappa shape index (κ2) is 8.08. The number of ether oxygens (including phenoxy) is 1. The maximum Gasteiger partial charge on any atom is 0.341 e. The van der Waals surface area contributed by atoms with E-state index in [1.54, 1.807) is 12.1 Å². The standard InChI is InChI=1S/C17H10BrCl2N3O4/c18-10-1-2-14(27-8-15(24)25)12(3-10)16(26)9-5-22-23(7-9)17-13(20)4-11(19)6-21-17/h1-7H,8H2,(H,24,25).